The number of carboxylic acids is 1. The molecule has 3 rings (SSSR count). The van der Waals surface area contributed by atoms with E-state index in [-0.39, 0.29) is 17.8 Å². The number of carbonyl (C=O) groups is 3. The molecular weight excluding hydrogens is 384 g/mol. The van der Waals surface area contributed by atoms with Gasteiger partial charge < -0.3 is 20.4 Å². The van der Waals surface area contributed by atoms with Crippen LogP contribution in [0.3, 0.4) is 0 Å². The monoisotopic (exact) mass is 414 g/mol. The first-order chi connectivity index (χ1) is 14.2. The molecule has 0 unspecified atom stereocenters. The fourth-order valence-electron chi connectivity index (χ4n) is 4.59. The average molecular weight is 415 g/mol. The second kappa shape index (κ2) is 8.90. The number of amides is 2. The molecule has 162 valence electrons. The Balaban J connectivity index is 1.67. The molecule has 1 aromatic rings. The molecule has 0 saturated heterocycles. The Labute approximate surface area is 176 Å². The molecular formula is C23H30N2O5. The van der Waals surface area contributed by atoms with Gasteiger partial charge in [-0.1, -0.05) is 30.3 Å². The normalized spacial score (nSPS) is 23.9. The van der Waals surface area contributed by atoms with Crippen LogP contribution in [0.5, 0.6) is 0 Å². The SMILES string of the molecule is CC1(C)CC(O)=C(C(=O)NCC(=O)O)C(=O)N1CC1CCC(c2ccccc2)CC1. The van der Waals surface area contributed by atoms with E-state index in [1.165, 1.54) is 5.56 Å². The minimum absolute atomic E-state index is 0.161. The highest BCUT2D eigenvalue weighted by Crippen LogP contribution is 2.38. The van der Waals surface area contributed by atoms with Gasteiger partial charge in [0.15, 0.2) is 0 Å². The summed E-state index contributed by atoms with van der Waals surface area (Å²) in [5, 5.41) is 21.3. The molecule has 3 N–H and O–H groups in total. The number of benzene rings is 1. The van der Waals surface area contributed by atoms with Gasteiger partial charge in [-0.2, -0.15) is 0 Å². The number of rotatable bonds is 6. The summed E-state index contributed by atoms with van der Waals surface area (Å²) >= 11 is 0. The highest BCUT2D eigenvalue weighted by molar-refractivity contribution is 6.19. The van der Waals surface area contributed by atoms with Crippen LogP contribution in [0.1, 0.15) is 57.4 Å². The van der Waals surface area contributed by atoms with E-state index < -0.39 is 29.9 Å². The van der Waals surface area contributed by atoms with Gasteiger partial charge in [-0.25, -0.2) is 0 Å². The Kier molecular flexibility index (Phi) is 6.48. The second-order valence-corrected chi connectivity index (χ2v) is 8.93. The zero-order valence-corrected chi connectivity index (χ0v) is 17.6. The van der Waals surface area contributed by atoms with Crippen molar-refractivity contribution in [1.82, 2.24) is 10.2 Å². The Morgan fingerprint density at radius 1 is 1.13 bits per heavy atom. The first-order valence-corrected chi connectivity index (χ1v) is 10.5. The molecule has 30 heavy (non-hydrogen) atoms. The van der Waals surface area contributed by atoms with Crippen molar-refractivity contribution in [2.24, 2.45) is 5.92 Å². The summed E-state index contributed by atoms with van der Waals surface area (Å²) in [6.45, 7) is 3.68. The topological polar surface area (TPSA) is 107 Å². The first-order valence-electron chi connectivity index (χ1n) is 10.5. The second-order valence-electron chi connectivity index (χ2n) is 8.93. The molecule has 1 aromatic carbocycles. The summed E-state index contributed by atoms with van der Waals surface area (Å²) in [6.07, 6.45) is 4.27. The number of aliphatic carboxylic acids is 1. The predicted molar refractivity (Wildman–Crippen MR) is 112 cm³/mol. The lowest BCUT2D eigenvalue weighted by Gasteiger charge is -2.44. The van der Waals surface area contributed by atoms with Crippen LogP contribution in [-0.4, -0.2) is 51.5 Å². The van der Waals surface area contributed by atoms with Crippen molar-refractivity contribution in [3.8, 4) is 0 Å². The largest absolute Gasteiger partial charge is 0.511 e. The van der Waals surface area contributed by atoms with Gasteiger partial charge in [-0.3, -0.25) is 14.4 Å². The van der Waals surface area contributed by atoms with Gasteiger partial charge in [0.1, 0.15) is 17.9 Å². The molecule has 1 heterocycles. The van der Waals surface area contributed by atoms with E-state index in [1.807, 2.05) is 19.9 Å². The lowest BCUT2D eigenvalue weighted by Crippen LogP contribution is -2.55. The van der Waals surface area contributed by atoms with E-state index in [0.29, 0.717) is 18.4 Å². The van der Waals surface area contributed by atoms with Crippen LogP contribution >= 0.6 is 0 Å². The number of carbonyl (C=O) groups excluding carboxylic acids is 2. The number of hydrogen-bond acceptors (Lipinski definition) is 4. The third-order valence-corrected chi connectivity index (χ3v) is 6.26. The van der Waals surface area contributed by atoms with Crippen LogP contribution in [0.4, 0.5) is 0 Å². The number of nitrogens with zero attached hydrogens (tertiary/aromatic N) is 1. The first kappa shape index (κ1) is 21.9. The third-order valence-electron chi connectivity index (χ3n) is 6.26. The molecule has 1 aliphatic carbocycles. The summed E-state index contributed by atoms with van der Waals surface area (Å²) < 4.78 is 0. The van der Waals surface area contributed by atoms with E-state index in [9.17, 15) is 19.5 Å². The smallest absolute Gasteiger partial charge is 0.322 e. The minimum Gasteiger partial charge on any atom is -0.511 e. The minimum atomic E-state index is -1.21. The van der Waals surface area contributed by atoms with Crippen molar-refractivity contribution in [2.75, 3.05) is 13.1 Å². The van der Waals surface area contributed by atoms with Crippen LogP contribution in [-0.2, 0) is 14.4 Å². The molecule has 2 amide bonds. The van der Waals surface area contributed by atoms with Crippen molar-refractivity contribution in [3.63, 3.8) is 0 Å². The Morgan fingerprint density at radius 2 is 1.77 bits per heavy atom. The van der Waals surface area contributed by atoms with Crippen molar-refractivity contribution in [2.45, 2.75) is 57.4 Å². The van der Waals surface area contributed by atoms with Crippen LogP contribution < -0.4 is 5.32 Å². The molecule has 7 nitrogen and oxygen atoms in total. The Hall–Kier alpha value is -2.83. The maximum absolute atomic E-state index is 13.1. The van der Waals surface area contributed by atoms with Gasteiger partial charge in [0.05, 0.1) is 0 Å². The van der Waals surface area contributed by atoms with Crippen LogP contribution in [0, 0.1) is 5.92 Å². The van der Waals surface area contributed by atoms with Crippen molar-refractivity contribution < 1.29 is 24.6 Å². The quantitative estimate of drug-likeness (QED) is 0.621. The molecule has 1 fully saturated rings. The van der Waals surface area contributed by atoms with Crippen molar-refractivity contribution >= 4 is 17.8 Å². The zero-order valence-electron chi connectivity index (χ0n) is 17.6. The zero-order chi connectivity index (χ0) is 21.9. The fourth-order valence-corrected chi connectivity index (χ4v) is 4.59. The van der Waals surface area contributed by atoms with Crippen LogP contribution in [0.2, 0.25) is 0 Å². The van der Waals surface area contributed by atoms with Gasteiger partial charge in [0.25, 0.3) is 11.8 Å². The standard InChI is InChI=1S/C23H30N2O5/c1-23(2)12-18(26)20(21(29)24-13-19(27)28)22(30)25(23)14-15-8-10-17(11-9-15)16-6-4-3-5-7-16/h3-7,15,17,26H,8-14H2,1-2H3,(H,24,29)(H,27,28). The summed E-state index contributed by atoms with van der Waals surface area (Å²) in [7, 11) is 0. The molecule has 1 aliphatic heterocycles. The van der Waals surface area contributed by atoms with Gasteiger partial charge >= 0.3 is 5.97 Å². The molecule has 0 aromatic heterocycles. The number of nitrogens with one attached hydrogen (secondary N) is 1. The Bertz CT molecular complexity index is 838. The molecule has 1 saturated carbocycles. The lowest BCUT2D eigenvalue weighted by atomic mass is 9.77. The summed E-state index contributed by atoms with van der Waals surface area (Å²) in [5.41, 5.74) is 0.401. The molecule has 0 radical (unpaired) electrons. The van der Waals surface area contributed by atoms with Gasteiger partial charge in [0.2, 0.25) is 0 Å². The van der Waals surface area contributed by atoms with E-state index in [2.05, 4.69) is 29.6 Å². The number of aliphatic hydroxyl groups is 1. The molecule has 0 spiro atoms. The summed E-state index contributed by atoms with van der Waals surface area (Å²) in [5.74, 6) is -1.99. The third kappa shape index (κ3) is 4.83. The Morgan fingerprint density at radius 3 is 2.37 bits per heavy atom. The highest BCUT2D eigenvalue weighted by atomic mass is 16.4. The lowest BCUT2D eigenvalue weighted by molar-refractivity contribution is -0.140. The summed E-state index contributed by atoms with van der Waals surface area (Å²) in [4.78, 5) is 37.8. The summed E-state index contributed by atoms with van der Waals surface area (Å²) in [6, 6.07) is 10.5. The maximum Gasteiger partial charge on any atom is 0.322 e. The van der Waals surface area contributed by atoms with E-state index in [4.69, 9.17) is 5.11 Å². The van der Waals surface area contributed by atoms with Gasteiger partial charge in [0, 0.05) is 18.5 Å². The van der Waals surface area contributed by atoms with Crippen LogP contribution in [0.15, 0.2) is 41.7 Å². The van der Waals surface area contributed by atoms with Crippen molar-refractivity contribution in [3.05, 3.63) is 47.2 Å². The van der Waals surface area contributed by atoms with E-state index in [1.54, 1.807) is 4.90 Å². The van der Waals surface area contributed by atoms with E-state index >= 15 is 0 Å². The fraction of sp³-hybridized carbons (Fsp3) is 0.522. The molecule has 7 heteroatoms. The molecule has 0 bridgehead atoms. The number of carboxylic acid groups (broad SMARTS) is 1. The molecule has 0 atom stereocenters. The number of aliphatic hydroxyl groups excluding tert-OH is 1. The predicted octanol–water partition coefficient (Wildman–Crippen LogP) is 2.98. The van der Waals surface area contributed by atoms with Crippen molar-refractivity contribution in [1.29, 1.82) is 0 Å². The van der Waals surface area contributed by atoms with Gasteiger partial charge in [-0.05, 0) is 56.9 Å². The maximum atomic E-state index is 13.1. The van der Waals surface area contributed by atoms with Gasteiger partial charge in [-0.15, -0.1) is 0 Å². The number of hydrogen-bond donors (Lipinski definition) is 3. The highest BCUT2D eigenvalue weighted by Gasteiger charge is 2.43. The van der Waals surface area contributed by atoms with Crippen LogP contribution in [0.25, 0.3) is 0 Å². The molecule has 2 aliphatic rings. The van der Waals surface area contributed by atoms with E-state index in [0.717, 1.165) is 25.7 Å². The average Bonchev–Trinajstić information content (AvgIpc) is 2.70.